The number of hydrogen-bond donors (Lipinski definition) is 2. The van der Waals surface area contributed by atoms with Crippen LogP contribution in [0.1, 0.15) is 45.1 Å². The Kier molecular flexibility index (Phi) is 6.25. The molecular weight excluding hydrogens is 344 g/mol. The zero-order valence-corrected chi connectivity index (χ0v) is 16.7. The largest absolute Gasteiger partial charge is 0.496 e. The van der Waals surface area contributed by atoms with Crippen molar-refractivity contribution in [1.82, 2.24) is 20.2 Å². The zero-order chi connectivity index (χ0) is 20.2. The highest BCUT2D eigenvalue weighted by Crippen LogP contribution is 2.29. The van der Waals surface area contributed by atoms with E-state index < -0.39 is 17.5 Å². The fourth-order valence-corrected chi connectivity index (χ4v) is 2.59. The Hall–Kier alpha value is -2.83. The lowest BCUT2D eigenvalue weighted by Crippen LogP contribution is -2.49. The molecular formula is C20H28N4O3. The normalized spacial score (nSPS) is 13.6. The molecule has 0 spiro atoms. The van der Waals surface area contributed by atoms with Crippen molar-refractivity contribution in [3.8, 4) is 5.75 Å². The first-order valence-electron chi connectivity index (χ1n) is 8.86. The average molecular weight is 372 g/mol. The number of aromatic nitrogens is 2. The van der Waals surface area contributed by atoms with E-state index >= 15 is 0 Å². The maximum Gasteiger partial charge on any atom is 0.243 e. The van der Waals surface area contributed by atoms with Crippen molar-refractivity contribution in [2.75, 3.05) is 7.11 Å². The Bertz CT molecular complexity index is 808. The zero-order valence-electron chi connectivity index (χ0n) is 16.7. The van der Waals surface area contributed by atoms with Crippen molar-refractivity contribution in [3.05, 3.63) is 48.0 Å². The maximum absolute atomic E-state index is 12.8. The van der Waals surface area contributed by atoms with E-state index in [-0.39, 0.29) is 11.8 Å². The molecule has 1 aromatic heterocycles. The fourth-order valence-electron chi connectivity index (χ4n) is 2.59. The highest BCUT2D eigenvalue weighted by Gasteiger charge is 2.28. The lowest BCUT2D eigenvalue weighted by atomic mass is 9.95. The lowest BCUT2D eigenvalue weighted by Gasteiger charge is -2.25. The second-order valence-electron chi connectivity index (χ2n) is 7.53. The summed E-state index contributed by atoms with van der Waals surface area (Å²) in [6.07, 6.45) is 3.49. The van der Waals surface area contributed by atoms with Gasteiger partial charge in [0.25, 0.3) is 0 Å². The monoisotopic (exact) mass is 372 g/mol. The van der Waals surface area contributed by atoms with Crippen LogP contribution in [0.4, 0.5) is 0 Å². The van der Waals surface area contributed by atoms with E-state index in [1.807, 2.05) is 42.1 Å². The molecule has 1 aromatic carbocycles. The molecule has 2 amide bonds. The number of carbonyl (C=O) groups excluding carboxylic acids is 2. The van der Waals surface area contributed by atoms with Crippen molar-refractivity contribution in [2.45, 2.75) is 39.8 Å². The SMILES string of the molecule is COc1ccccc1C(NC(=O)C(C)NC(=O)C(C)(C)C)c1nccn1C. The van der Waals surface area contributed by atoms with E-state index in [1.165, 1.54) is 0 Å². The van der Waals surface area contributed by atoms with Gasteiger partial charge < -0.3 is 19.9 Å². The van der Waals surface area contributed by atoms with Crippen molar-refractivity contribution < 1.29 is 14.3 Å². The highest BCUT2D eigenvalue weighted by atomic mass is 16.5. The molecule has 1 heterocycles. The Labute approximate surface area is 160 Å². The molecule has 0 aliphatic rings. The van der Waals surface area contributed by atoms with Gasteiger partial charge in [0.2, 0.25) is 11.8 Å². The highest BCUT2D eigenvalue weighted by molar-refractivity contribution is 5.89. The van der Waals surface area contributed by atoms with Crippen LogP contribution in [0.2, 0.25) is 0 Å². The second-order valence-corrected chi connectivity index (χ2v) is 7.53. The van der Waals surface area contributed by atoms with Crippen molar-refractivity contribution in [2.24, 2.45) is 12.5 Å². The number of nitrogens with zero attached hydrogens (tertiary/aromatic N) is 2. The molecule has 7 nitrogen and oxygen atoms in total. The molecule has 0 radical (unpaired) electrons. The number of carbonyl (C=O) groups is 2. The van der Waals surface area contributed by atoms with Gasteiger partial charge in [-0.2, -0.15) is 0 Å². The number of rotatable bonds is 6. The van der Waals surface area contributed by atoms with Gasteiger partial charge >= 0.3 is 0 Å². The number of methoxy groups -OCH3 is 1. The summed E-state index contributed by atoms with van der Waals surface area (Å²) in [5.74, 6) is 0.835. The summed E-state index contributed by atoms with van der Waals surface area (Å²) < 4.78 is 7.30. The molecule has 0 saturated carbocycles. The first-order valence-corrected chi connectivity index (χ1v) is 8.86. The molecule has 2 unspecified atom stereocenters. The Morgan fingerprint density at radius 3 is 2.41 bits per heavy atom. The van der Waals surface area contributed by atoms with Crippen LogP contribution in [-0.4, -0.2) is 34.5 Å². The van der Waals surface area contributed by atoms with Gasteiger partial charge in [-0.25, -0.2) is 4.98 Å². The third-order valence-electron chi connectivity index (χ3n) is 4.28. The number of imidazole rings is 1. The van der Waals surface area contributed by atoms with Crippen LogP contribution in [0.5, 0.6) is 5.75 Å². The molecule has 0 aliphatic carbocycles. The van der Waals surface area contributed by atoms with Gasteiger partial charge in [0, 0.05) is 30.4 Å². The third-order valence-corrected chi connectivity index (χ3v) is 4.28. The van der Waals surface area contributed by atoms with E-state index in [1.54, 1.807) is 41.0 Å². The summed E-state index contributed by atoms with van der Waals surface area (Å²) in [5.41, 5.74) is 0.216. The van der Waals surface area contributed by atoms with E-state index in [0.717, 1.165) is 5.56 Å². The molecule has 146 valence electrons. The minimum Gasteiger partial charge on any atom is -0.496 e. The van der Waals surface area contributed by atoms with Crippen LogP contribution in [0.3, 0.4) is 0 Å². The molecule has 2 rings (SSSR count). The van der Waals surface area contributed by atoms with Crippen LogP contribution in [0.15, 0.2) is 36.7 Å². The molecule has 2 N–H and O–H groups in total. The van der Waals surface area contributed by atoms with Gasteiger partial charge in [0.05, 0.1) is 7.11 Å². The number of para-hydroxylation sites is 1. The molecule has 0 bridgehead atoms. The molecule has 2 atom stereocenters. The van der Waals surface area contributed by atoms with Crippen LogP contribution in [-0.2, 0) is 16.6 Å². The molecule has 7 heteroatoms. The Morgan fingerprint density at radius 2 is 1.85 bits per heavy atom. The van der Waals surface area contributed by atoms with E-state index in [2.05, 4.69) is 15.6 Å². The van der Waals surface area contributed by atoms with Gasteiger partial charge in [-0.15, -0.1) is 0 Å². The summed E-state index contributed by atoms with van der Waals surface area (Å²) in [6.45, 7) is 7.08. The Balaban J connectivity index is 2.29. The van der Waals surface area contributed by atoms with E-state index in [0.29, 0.717) is 11.6 Å². The number of amides is 2. The topological polar surface area (TPSA) is 85.2 Å². The maximum atomic E-state index is 12.8. The van der Waals surface area contributed by atoms with E-state index in [9.17, 15) is 9.59 Å². The minimum absolute atomic E-state index is 0.184. The number of nitrogens with one attached hydrogen (secondary N) is 2. The van der Waals surface area contributed by atoms with Gasteiger partial charge in [0.15, 0.2) is 0 Å². The number of aryl methyl sites for hydroxylation is 1. The quantitative estimate of drug-likeness (QED) is 0.814. The predicted octanol–water partition coefficient (Wildman–Crippen LogP) is 2.19. The number of ether oxygens (including phenoxy) is 1. The molecule has 0 fully saturated rings. The summed E-state index contributed by atoms with van der Waals surface area (Å²) in [4.78, 5) is 29.4. The van der Waals surface area contributed by atoms with Gasteiger partial charge in [-0.3, -0.25) is 9.59 Å². The summed E-state index contributed by atoms with van der Waals surface area (Å²) in [5, 5.41) is 5.75. The molecule has 0 saturated heterocycles. The summed E-state index contributed by atoms with van der Waals surface area (Å²) >= 11 is 0. The number of benzene rings is 1. The fraction of sp³-hybridized carbons (Fsp3) is 0.450. The Morgan fingerprint density at radius 1 is 1.19 bits per heavy atom. The molecule has 2 aromatic rings. The van der Waals surface area contributed by atoms with Crippen LogP contribution < -0.4 is 15.4 Å². The van der Waals surface area contributed by atoms with Crippen molar-refractivity contribution in [1.29, 1.82) is 0 Å². The van der Waals surface area contributed by atoms with Gasteiger partial charge in [-0.1, -0.05) is 39.0 Å². The van der Waals surface area contributed by atoms with E-state index in [4.69, 9.17) is 4.74 Å². The first kappa shape index (κ1) is 20.5. The van der Waals surface area contributed by atoms with Gasteiger partial charge in [0.1, 0.15) is 23.7 Å². The standard InChI is InChI=1S/C20H28N4O3/c1-13(22-19(26)20(2,3)4)18(25)23-16(17-21-11-12-24(17)5)14-9-7-8-10-15(14)27-6/h7-13,16H,1-6H3,(H,22,26)(H,23,25). The third kappa shape index (κ3) is 4.87. The van der Waals surface area contributed by atoms with Crippen molar-refractivity contribution >= 4 is 11.8 Å². The predicted molar refractivity (Wildman–Crippen MR) is 103 cm³/mol. The summed E-state index contributed by atoms with van der Waals surface area (Å²) in [7, 11) is 3.45. The first-order chi connectivity index (χ1) is 12.6. The average Bonchev–Trinajstić information content (AvgIpc) is 3.04. The van der Waals surface area contributed by atoms with Crippen LogP contribution >= 0.6 is 0 Å². The number of hydrogen-bond acceptors (Lipinski definition) is 4. The smallest absolute Gasteiger partial charge is 0.243 e. The van der Waals surface area contributed by atoms with Gasteiger partial charge in [-0.05, 0) is 13.0 Å². The minimum atomic E-state index is -0.686. The lowest BCUT2D eigenvalue weighted by molar-refractivity contribution is -0.133. The van der Waals surface area contributed by atoms with Crippen molar-refractivity contribution in [3.63, 3.8) is 0 Å². The molecule has 0 aliphatic heterocycles. The second kappa shape index (κ2) is 8.24. The summed E-state index contributed by atoms with van der Waals surface area (Å²) in [6, 6.07) is 6.27. The van der Waals surface area contributed by atoms with Crippen LogP contribution in [0, 0.1) is 5.41 Å². The van der Waals surface area contributed by atoms with Crippen LogP contribution in [0.25, 0.3) is 0 Å². The molecule has 27 heavy (non-hydrogen) atoms.